The number of piperazine rings is 1. The van der Waals surface area contributed by atoms with Gasteiger partial charge in [0.25, 0.3) is 0 Å². The van der Waals surface area contributed by atoms with Gasteiger partial charge in [-0.15, -0.1) is 0 Å². The van der Waals surface area contributed by atoms with E-state index in [1.165, 1.54) is 5.56 Å². The molecule has 0 saturated carbocycles. The molecule has 17 heavy (non-hydrogen) atoms. The van der Waals surface area contributed by atoms with E-state index in [1.807, 2.05) is 12.1 Å². The molecule has 0 radical (unpaired) electrons. The van der Waals surface area contributed by atoms with E-state index in [2.05, 4.69) is 43.1 Å². The average Bonchev–Trinajstić information content (AvgIpc) is 2.27. The van der Waals surface area contributed by atoms with Crippen molar-refractivity contribution in [3.63, 3.8) is 0 Å². The fourth-order valence-electron chi connectivity index (χ4n) is 2.52. The van der Waals surface area contributed by atoms with Crippen molar-refractivity contribution in [2.24, 2.45) is 0 Å². The molecule has 0 amide bonds. The topological polar surface area (TPSA) is 15.3 Å². The predicted octanol–water partition coefficient (Wildman–Crippen LogP) is 3.08. The Morgan fingerprint density at radius 3 is 2.71 bits per heavy atom. The second kappa shape index (κ2) is 4.97. The van der Waals surface area contributed by atoms with E-state index in [-0.39, 0.29) is 5.54 Å². The van der Waals surface area contributed by atoms with E-state index in [9.17, 15) is 0 Å². The summed E-state index contributed by atoms with van der Waals surface area (Å²) < 4.78 is 0. The molecule has 3 heteroatoms. The number of benzene rings is 1. The molecular formula is C14H21ClN2. The lowest BCUT2D eigenvalue weighted by Gasteiger charge is -2.42. The molecule has 1 aromatic rings. The maximum absolute atomic E-state index is 6.27. The molecule has 1 atom stereocenters. The van der Waals surface area contributed by atoms with Crippen LogP contribution in [-0.4, -0.2) is 30.1 Å². The Balaban J connectivity index is 2.15. The molecule has 1 aliphatic heterocycles. The van der Waals surface area contributed by atoms with E-state index in [0.717, 1.165) is 24.7 Å². The monoisotopic (exact) mass is 252 g/mol. The van der Waals surface area contributed by atoms with Crippen molar-refractivity contribution >= 4 is 11.6 Å². The molecule has 1 N–H and O–H groups in total. The summed E-state index contributed by atoms with van der Waals surface area (Å²) >= 11 is 6.27. The minimum atomic E-state index is 0.188. The molecule has 0 spiro atoms. The molecule has 94 valence electrons. The van der Waals surface area contributed by atoms with Gasteiger partial charge >= 0.3 is 0 Å². The second-order valence-corrected chi connectivity index (χ2v) is 5.89. The number of nitrogens with one attached hydrogen (secondary N) is 1. The standard InChI is InChI=1S/C14H21ClN2/c1-11(12-6-4-5-7-13(12)15)17-9-8-16-14(2,3)10-17/h4-7,11,16H,8-10H2,1-3H3. The first-order valence-electron chi connectivity index (χ1n) is 6.23. The van der Waals surface area contributed by atoms with Crippen LogP contribution < -0.4 is 5.32 Å². The van der Waals surface area contributed by atoms with Gasteiger partial charge in [0.15, 0.2) is 0 Å². The van der Waals surface area contributed by atoms with E-state index >= 15 is 0 Å². The normalized spacial score (nSPS) is 22.4. The van der Waals surface area contributed by atoms with Crippen LogP contribution in [0.2, 0.25) is 5.02 Å². The summed E-state index contributed by atoms with van der Waals surface area (Å²) in [6.45, 7) is 9.91. The van der Waals surface area contributed by atoms with Crippen LogP contribution in [0, 0.1) is 0 Å². The first-order chi connectivity index (χ1) is 7.99. The summed E-state index contributed by atoms with van der Waals surface area (Å²) in [6.07, 6.45) is 0. The summed E-state index contributed by atoms with van der Waals surface area (Å²) in [5, 5.41) is 4.41. The Labute approximate surface area is 109 Å². The van der Waals surface area contributed by atoms with Gasteiger partial charge in [-0.1, -0.05) is 29.8 Å². The maximum atomic E-state index is 6.27. The van der Waals surface area contributed by atoms with E-state index in [1.54, 1.807) is 0 Å². The number of hydrogen-bond acceptors (Lipinski definition) is 2. The molecule has 2 rings (SSSR count). The van der Waals surface area contributed by atoms with E-state index < -0.39 is 0 Å². The zero-order chi connectivity index (χ0) is 12.5. The first kappa shape index (κ1) is 12.9. The van der Waals surface area contributed by atoms with Crippen LogP contribution in [0.4, 0.5) is 0 Å². The van der Waals surface area contributed by atoms with Crippen LogP contribution in [0.5, 0.6) is 0 Å². The molecule has 1 fully saturated rings. The SMILES string of the molecule is CC(c1ccccc1Cl)N1CCNC(C)(C)C1. The highest BCUT2D eigenvalue weighted by Gasteiger charge is 2.29. The third kappa shape index (κ3) is 3.01. The van der Waals surface area contributed by atoms with Crippen molar-refractivity contribution in [2.75, 3.05) is 19.6 Å². The summed E-state index contributed by atoms with van der Waals surface area (Å²) in [5.74, 6) is 0. The number of halogens is 1. The zero-order valence-electron chi connectivity index (χ0n) is 10.8. The van der Waals surface area contributed by atoms with Crippen LogP contribution in [0.1, 0.15) is 32.4 Å². The van der Waals surface area contributed by atoms with Gasteiger partial charge in [-0.25, -0.2) is 0 Å². The van der Waals surface area contributed by atoms with Gasteiger partial charge in [0.05, 0.1) is 0 Å². The molecular weight excluding hydrogens is 232 g/mol. The largest absolute Gasteiger partial charge is 0.309 e. The lowest BCUT2D eigenvalue weighted by Crippen LogP contribution is -2.57. The lowest BCUT2D eigenvalue weighted by atomic mass is 9.98. The number of nitrogens with zero attached hydrogens (tertiary/aromatic N) is 1. The highest BCUT2D eigenvalue weighted by molar-refractivity contribution is 6.31. The molecule has 0 bridgehead atoms. The molecule has 1 aromatic carbocycles. The van der Waals surface area contributed by atoms with Crippen LogP contribution in [0.15, 0.2) is 24.3 Å². The van der Waals surface area contributed by atoms with Crippen LogP contribution in [-0.2, 0) is 0 Å². The molecule has 1 aliphatic rings. The average molecular weight is 253 g/mol. The molecule has 0 aliphatic carbocycles. The maximum Gasteiger partial charge on any atom is 0.0453 e. The third-order valence-corrected chi connectivity index (χ3v) is 3.85. The molecule has 2 nitrogen and oxygen atoms in total. The van der Waals surface area contributed by atoms with Gasteiger partial charge < -0.3 is 5.32 Å². The van der Waals surface area contributed by atoms with Gasteiger partial charge in [-0.2, -0.15) is 0 Å². The van der Waals surface area contributed by atoms with Crippen molar-refractivity contribution in [1.29, 1.82) is 0 Å². The van der Waals surface area contributed by atoms with Crippen molar-refractivity contribution in [1.82, 2.24) is 10.2 Å². The lowest BCUT2D eigenvalue weighted by molar-refractivity contribution is 0.117. The highest BCUT2D eigenvalue weighted by Crippen LogP contribution is 2.28. The minimum Gasteiger partial charge on any atom is -0.309 e. The zero-order valence-corrected chi connectivity index (χ0v) is 11.6. The van der Waals surface area contributed by atoms with Crippen molar-refractivity contribution in [2.45, 2.75) is 32.4 Å². The van der Waals surface area contributed by atoms with Crippen LogP contribution >= 0.6 is 11.6 Å². The Morgan fingerprint density at radius 2 is 2.06 bits per heavy atom. The minimum absolute atomic E-state index is 0.188. The highest BCUT2D eigenvalue weighted by atomic mass is 35.5. The molecule has 0 aromatic heterocycles. The second-order valence-electron chi connectivity index (χ2n) is 5.48. The van der Waals surface area contributed by atoms with Gasteiger partial charge in [0.2, 0.25) is 0 Å². The van der Waals surface area contributed by atoms with Gasteiger partial charge in [0, 0.05) is 36.2 Å². The van der Waals surface area contributed by atoms with Crippen molar-refractivity contribution in [3.8, 4) is 0 Å². The third-order valence-electron chi connectivity index (χ3n) is 3.50. The number of rotatable bonds is 2. The van der Waals surface area contributed by atoms with Gasteiger partial charge in [0.1, 0.15) is 0 Å². The van der Waals surface area contributed by atoms with Gasteiger partial charge in [-0.3, -0.25) is 4.90 Å². The fraction of sp³-hybridized carbons (Fsp3) is 0.571. The van der Waals surface area contributed by atoms with Crippen molar-refractivity contribution in [3.05, 3.63) is 34.9 Å². The fourth-order valence-corrected chi connectivity index (χ4v) is 2.82. The molecule has 1 heterocycles. The summed E-state index contributed by atoms with van der Waals surface area (Å²) in [7, 11) is 0. The quantitative estimate of drug-likeness (QED) is 0.870. The predicted molar refractivity (Wildman–Crippen MR) is 73.5 cm³/mol. The summed E-state index contributed by atoms with van der Waals surface area (Å²) in [5.41, 5.74) is 1.42. The van der Waals surface area contributed by atoms with Crippen LogP contribution in [0.25, 0.3) is 0 Å². The molecule has 1 unspecified atom stereocenters. The van der Waals surface area contributed by atoms with E-state index in [4.69, 9.17) is 11.6 Å². The summed E-state index contributed by atoms with van der Waals surface area (Å²) in [4.78, 5) is 2.50. The van der Waals surface area contributed by atoms with E-state index in [0.29, 0.717) is 6.04 Å². The Morgan fingerprint density at radius 1 is 1.35 bits per heavy atom. The van der Waals surface area contributed by atoms with Crippen molar-refractivity contribution < 1.29 is 0 Å². The Hall–Kier alpha value is -0.570. The first-order valence-corrected chi connectivity index (χ1v) is 6.61. The van der Waals surface area contributed by atoms with Crippen LogP contribution in [0.3, 0.4) is 0 Å². The summed E-state index contributed by atoms with van der Waals surface area (Å²) in [6, 6.07) is 8.53. The molecule has 1 saturated heterocycles. The Kier molecular flexibility index (Phi) is 3.76. The smallest absolute Gasteiger partial charge is 0.0453 e. The number of hydrogen-bond donors (Lipinski definition) is 1. The van der Waals surface area contributed by atoms with Gasteiger partial charge in [-0.05, 0) is 32.4 Å². The Bertz CT molecular complexity index is 390.